The summed E-state index contributed by atoms with van der Waals surface area (Å²) in [5.41, 5.74) is 7.36. The van der Waals surface area contributed by atoms with Gasteiger partial charge in [-0.25, -0.2) is 23.5 Å². The summed E-state index contributed by atoms with van der Waals surface area (Å²) in [4.78, 5) is 25.4. The predicted octanol–water partition coefficient (Wildman–Crippen LogP) is 2.96. The number of hydrogen-bond donors (Lipinski definition) is 3. The number of rotatable bonds is 5. The highest BCUT2D eigenvalue weighted by molar-refractivity contribution is 5.73. The van der Waals surface area contributed by atoms with Crippen LogP contribution in [-0.4, -0.2) is 43.7 Å². The number of hydrogen-bond acceptors (Lipinski definition) is 7. The van der Waals surface area contributed by atoms with Crippen LogP contribution in [0.4, 0.5) is 27.9 Å². The minimum atomic E-state index is -5.08. The van der Waals surface area contributed by atoms with E-state index in [1.165, 1.54) is 12.1 Å². The first kappa shape index (κ1) is 23.5. The Hall–Kier alpha value is -3.74. The summed E-state index contributed by atoms with van der Waals surface area (Å²) >= 11 is 0. The van der Waals surface area contributed by atoms with E-state index < -0.39 is 29.8 Å². The van der Waals surface area contributed by atoms with Crippen molar-refractivity contribution in [2.75, 3.05) is 11.9 Å². The third-order valence-electron chi connectivity index (χ3n) is 3.57. The molecule has 0 fully saturated rings. The molecule has 164 valence electrons. The van der Waals surface area contributed by atoms with E-state index in [9.17, 15) is 22.0 Å². The summed E-state index contributed by atoms with van der Waals surface area (Å²) in [6, 6.07) is 4.33. The molecule has 31 heavy (non-hydrogen) atoms. The summed E-state index contributed by atoms with van der Waals surface area (Å²) < 4.78 is 58.4. The molecule has 13 heteroatoms. The lowest BCUT2D eigenvalue weighted by Gasteiger charge is -2.14. The van der Waals surface area contributed by atoms with Gasteiger partial charge in [0, 0.05) is 36.8 Å². The maximum Gasteiger partial charge on any atom is 0.490 e. The van der Waals surface area contributed by atoms with E-state index in [1.807, 2.05) is 0 Å². The lowest BCUT2D eigenvalue weighted by Crippen LogP contribution is -2.22. The third-order valence-corrected chi connectivity index (χ3v) is 3.57. The molecule has 4 N–H and O–H groups in total. The molecule has 0 bridgehead atoms. The van der Waals surface area contributed by atoms with Gasteiger partial charge in [-0.2, -0.15) is 13.2 Å². The van der Waals surface area contributed by atoms with Crippen LogP contribution in [0.3, 0.4) is 0 Å². The number of carboxylic acid groups (broad SMARTS) is 1. The summed E-state index contributed by atoms with van der Waals surface area (Å²) in [6.07, 6.45) is 1.22. The van der Waals surface area contributed by atoms with Crippen molar-refractivity contribution in [1.29, 1.82) is 0 Å². The monoisotopic (exact) mass is 442 g/mol. The summed E-state index contributed by atoms with van der Waals surface area (Å²) in [5, 5.41) is 10.1. The third kappa shape index (κ3) is 7.22. The van der Waals surface area contributed by atoms with E-state index >= 15 is 0 Å². The molecule has 3 aromatic rings. The van der Waals surface area contributed by atoms with Gasteiger partial charge in [-0.1, -0.05) is 6.07 Å². The first-order valence-electron chi connectivity index (χ1n) is 8.42. The van der Waals surface area contributed by atoms with Crippen LogP contribution in [0.5, 0.6) is 0 Å². The number of halogens is 5. The fourth-order valence-electron chi connectivity index (χ4n) is 2.13. The highest BCUT2D eigenvalue weighted by Crippen LogP contribution is 2.18. The van der Waals surface area contributed by atoms with Gasteiger partial charge >= 0.3 is 12.1 Å². The largest absolute Gasteiger partial charge is 0.490 e. The lowest BCUT2D eigenvalue weighted by atomic mass is 10.1. The zero-order chi connectivity index (χ0) is 23.0. The van der Waals surface area contributed by atoms with Crippen LogP contribution in [-0.2, 0) is 4.79 Å². The molecular weight excluding hydrogens is 427 g/mol. The van der Waals surface area contributed by atoms with Crippen molar-refractivity contribution < 1.29 is 31.9 Å². The number of aromatic nitrogens is 4. The minimum Gasteiger partial charge on any atom is -0.475 e. The highest BCUT2D eigenvalue weighted by Gasteiger charge is 2.38. The molecule has 2 aromatic heterocycles. The van der Waals surface area contributed by atoms with E-state index in [0.717, 1.165) is 6.07 Å². The normalized spacial score (nSPS) is 11.8. The number of nitrogens with two attached hydrogens (primary N) is 1. The molecule has 0 aliphatic carbocycles. The van der Waals surface area contributed by atoms with Crippen molar-refractivity contribution in [3.8, 4) is 11.4 Å². The number of benzene rings is 1. The molecule has 3 rings (SSSR count). The zero-order valence-electron chi connectivity index (χ0n) is 15.5. The predicted molar refractivity (Wildman–Crippen MR) is 98.5 cm³/mol. The molecule has 1 atom stereocenters. The fraction of sp³-hybridized carbons (Fsp3) is 0.167. The van der Waals surface area contributed by atoms with E-state index in [2.05, 4.69) is 25.3 Å². The van der Waals surface area contributed by atoms with Gasteiger partial charge in [-0.3, -0.25) is 9.97 Å². The number of nitrogens with one attached hydrogen (secondary N) is 1. The second-order valence-electron chi connectivity index (χ2n) is 5.81. The van der Waals surface area contributed by atoms with Crippen LogP contribution in [0.1, 0.15) is 11.6 Å². The van der Waals surface area contributed by atoms with E-state index in [-0.39, 0.29) is 12.1 Å². The van der Waals surface area contributed by atoms with Gasteiger partial charge in [-0.05, 0) is 12.1 Å². The van der Waals surface area contributed by atoms with Crippen LogP contribution < -0.4 is 11.1 Å². The van der Waals surface area contributed by atoms with Gasteiger partial charge in [0.1, 0.15) is 17.3 Å². The standard InChI is InChI=1S/C16H14F2N6.C2HF3O2/c17-10-1-2-11(12(18)7-10)13(19)8-23-16-22-4-3-14(24-16)15-9-20-5-6-21-15;3-2(4,5)1(6)7/h1-7,9,13H,8,19H2,(H,22,23,24);(H,6,7). The number of aliphatic carboxylic acids is 1. The average Bonchev–Trinajstić information content (AvgIpc) is 2.72. The quantitative estimate of drug-likeness (QED) is 0.515. The SMILES string of the molecule is NC(CNc1nccc(-c2cnccn2)n1)c1ccc(F)cc1F.O=C(O)C(F)(F)F. The topological polar surface area (TPSA) is 127 Å². The van der Waals surface area contributed by atoms with Gasteiger partial charge in [-0.15, -0.1) is 0 Å². The number of alkyl halides is 3. The Morgan fingerprint density at radius 1 is 1.10 bits per heavy atom. The van der Waals surface area contributed by atoms with Crippen LogP contribution in [0.2, 0.25) is 0 Å². The number of nitrogens with zero attached hydrogens (tertiary/aromatic N) is 4. The van der Waals surface area contributed by atoms with Crippen molar-refractivity contribution in [3.63, 3.8) is 0 Å². The second kappa shape index (κ2) is 10.3. The summed E-state index contributed by atoms with van der Waals surface area (Å²) in [6.45, 7) is 0.187. The molecule has 1 aromatic carbocycles. The van der Waals surface area contributed by atoms with Gasteiger partial charge in [0.2, 0.25) is 5.95 Å². The highest BCUT2D eigenvalue weighted by atomic mass is 19.4. The summed E-state index contributed by atoms with van der Waals surface area (Å²) in [5.74, 6) is -3.75. The van der Waals surface area contributed by atoms with E-state index in [0.29, 0.717) is 17.3 Å². The average molecular weight is 442 g/mol. The summed E-state index contributed by atoms with van der Waals surface area (Å²) in [7, 11) is 0. The lowest BCUT2D eigenvalue weighted by molar-refractivity contribution is -0.192. The first-order valence-corrected chi connectivity index (χ1v) is 8.42. The van der Waals surface area contributed by atoms with E-state index in [1.54, 1.807) is 30.9 Å². The van der Waals surface area contributed by atoms with Crippen LogP contribution >= 0.6 is 0 Å². The van der Waals surface area contributed by atoms with Crippen molar-refractivity contribution in [2.24, 2.45) is 5.73 Å². The molecule has 0 saturated carbocycles. The minimum absolute atomic E-state index is 0.187. The maximum absolute atomic E-state index is 13.7. The molecule has 0 amide bonds. The smallest absolute Gasteiger partial charge is 0.475 e. The van der Waals surface area contributed by atoms with Crippen molar-refractivity contribution >= 4 is 11.9 Å². The molecule has 8 nitrogen and oxygen atoms in total. The molecular formula is C18H15F5N6O2. The Kier molecular flexibility index (Phi) is 7.85. The zero-order valence-corrected chi connectivity index (χ0v) is 15.5. The molecule has 0 spiro atoms. The number of carboxylic acids is 1. The number of anilines is 1. The Balaban J connectivity index is 0.000000423. The second-order valence-corrected chi connectivity index (χ2v) is 5.81. The van der Waals surface area contributed by atoms with Crippen LogP contribution in [0, 0.1) is 11.6 Å². The molecule has 0 aliphatic heterocycles. The Morgan fingerprint density at radius 2 is 1.81 bits per heavy atom. The Morgan fingerprint density at radius 3 is 2.39 bits per heavy atom. The Labute approximate surface area is 172 Å². The number of carbonyl (C=O) groups is 1. The molecule has 0 saturated heterocycles. The Bertz CT molecular complexity index is 1020. The maximum atomic E-state index is 13.7. The van der Waals surface area contributed by atoms with Crippen LogP contribution in [0.25, 0.3) is 11.4 Å². The van der Waals surface area contributed by atoms with Gasteiger partial charge in [0.15, 0.2) is 0 Å². The van der Waals surface area contributed by atoms with Crippen molar-refractivity contribution in [3.05, 3.63) is 66.3 Å². The van der Waals surface area contributed by atoms with E-state index in [4.69, 9.17) is 15.6 Å². The molecule has 0 aliphatic rings. The molecule has 2 heterocycles. The van der Waals surface area contributed by atoms with Gasteiger partial charge in [0.25, 0.3) is 0 Å². The fourth-order valence-corrected chi connectivity index (χ4v) is 2.13. The first-order chi connectivity index (χ1) is 14.6. The van der Waals surface area contributed by atoms with Gasteiger partial charge in [0.05, 0.1) is 17.9 Å². The van der Waals surface area contributed by atoms with Crippen LogP contribution in [0.15, 0.2) is 49.1 Å². The van der Waals surface area contributed by atoms with Gasteiger partial charge < -0.3 is 16.2 Å². The van der Waals surface area contributed by atoms with Crippen molar-refractivity contribution in [2.45, 2.75) is 12.2 Å². The van der Waals surface area contributed by atoms with Crippen molar-refractivity contribution in [1.82, 2.24) is 19.9 Å². The molecule has 1 unspecified atom stereocenters. The molecule has 0 radical (unpaired) electrons.